The maximum atomic E-state index is 11.4. The molecule has 0 aromatic heterocycles. The molecule has 2 aromatic carbocycles. The second kappa shape index (κ2) is 8.39. The molecular weight excluding hydrogens is 310 g/mol. The Hall–Kier alpha value is -2.27. The molecule has 0 spiro atoms. The molecule has 5 heteroatoms. The van der Waals surface area contributed by atoms with Crippen LogP contribution in [0.4, 0.5) is 5.69 Å². The van der Waals surface area contributed by atoms with Crippen LogP contribution in [0.25, 0.3) is 0 Å². The number of amides is 1. The van der Waals surface area contributed by atoms with E-state index in [-0.39, 0.29) is 17.6 Å². The highest BCUT2D eigenvalue weighted by Gasteiger charge is 2.18. The Kier molecular flexibility index (Phi) is 6.23. The molecule has 0 bridgehead atoms. The molecule has 1 atom stereocenters. The first-order chi connectivity index (χ1) is 11.1. The van der Waals surface area contributed by atoms with Crippen LogP contribution < -0.4 is 5.32 Å². The Labute approximate surface area is 139 Å². The van der Waals surface area contributed by atoms with E-state index in [0.29, 0.717) is 5.75 Å². The highest BCUT2D eigenvalue weighted by Crippen LogP contribution is 2.39. The van der Waals surface area contributed by atoms with Crippen LogP contribution in [0.3, 0.4) is 0 Å². The van der Waals surface area contributed by atoms with Gasteiger partial charge in [0.1, 0.15) is 0 Å². The van der Waals surface area contributed by atoms with Crippen molar-refractivity contribution in [2.24, 2.45) is 0 Å². The monoisotopic (exact) mass is 329 g/mol. The van der Waals surface area contributed by atoms with Crippen LogP contribution in [-0.2, 0) is 9.59 Å². The van der Waals surface area contributed by atoms with Gasteiger partial charge in [-0.15, -0.1) is 11.8 Å². The number of carbonyl (C=O) groups is 2. The van der Waals surface area contributed by atoms with E-state index in [4.69, 9.17) is 5.11 Å². The zero-order valence-corrected chi connectivity index (χ0v) is 13.7. The summed E-state index contributed by atoms with van der Waals surface area (Å²) in [6.07, 6.45) is 0.107. The molecule has 0 aliphatic rings. The Morgan fingerprint density at radius 1 is 1.09 bits per heavy atom. The minimum atomic E-state index is -0.806. The van der Waals surface area contributed by atoms with E-state index in [0.717, 1.165) is 16.8 Å². The zero-order valence-electron chi connectivity index (χ0n) is 12.9. The molecule has 0 aliphatic heterocycles. The molecule has 2 aromatic rings. The largest absolute Gasteiger partial charge is 0.481 e. The van der Waals surface area contributed by atoms with Gasteiger partial charge in [-0.1, -0.05) is 48.5 Å². The number of carbonyl (C=O) groups excluding carboxylic acids is 1. The third-order valence-corrected chi connectivity index (χ3v) is 4.56. The van der Waals surface area contributed by atoms with E-state index in [1.54, 1.807) is 11.8 Å². The van der Waals surface area contributed by atoms with Crippen LogP contribution >= 0.6 is 11.8 Å². The fraction of sp³-hybridized carbons (Fsp3) is 0.222. The maximum Gasteiger partial charge on any atom is 0.304 e. The Bertz CT molecular complexity index is 673. The Balaban J connectivity index is 2.33. The average Bonchev–Trinajstić information content (AvgIpc) is 2.52. The first-order valence-electron chi connectivity index (χ1n) is 7.33. The number of carboxylic acid groups (broad SMARTS) is 1. The summed E-state index contributed by atoms with van der Waals surface area (Å²) in [7, 11) is 0. The molecule has 2 rings (SSSR count). The van der Waals surface area contributed by atoms with Gasteiger partial charge in [0.05, 0.1) is 11.7 Å². The number of benzene rings is 2. The molecule has 1 amide bonds. The normalized spacial score (nSPS) is 11.7. The quantitative estimate of drug-likeness (QED) is 0.807. The van der Waals surface area contributed by atoms with Crippen molar-refractivity contribution in [1.29, 1.82) is 0 Å². The average molecular weight is 329 g/mol. The van der Waals surface area contributed by atoms with E-state index in [9.17, 15) is 9.59 Å². The van der Waals surface area contributed by atoms with Gasteiger partial charge in [0, 0.05) is 18.4 Å². The minimum Gasteiger partial charge on any atom is -0.481 e. The number of nitrogens with one attached hydrogen (secondary N) is 1. The lowest BCUT2D eigenvalue weighted by Gasteiger charge is -2.20. The summed E-state index contributed by atoms with van der Waals surface area (Å²) in [5.74, 6) is -0.428. The van der Waals surface area contributed by atoms with Gasteiger partial charge in [0.25, 0.3) is 0 Å². The number of anilines is 1. The number of hydrogen-bond acceptors (Lipinski definition) is 3. The lowest BCUT2D eigenvalue weighted by Crippen LogP contribution is -2.10. The molecule has 120 valence electrons. The number of rotatable bonds is 7. The summed E-state index contributed by atoms with van der Waals surface area (Å²) in [5, 5.41) is 11.7. The SMILES string of the molecule is CC(=O)Nc1ccccc1C(SCCC(=O)O)c1ccccc1. The van der Waals surface area contributed by atoms with Gasteiger partial charge in [0.15, 0.2) is 0 Å². The molecule has 4 nitrogen and oxygen atoms in total. The number of hydrogen-bond donors (Lipinski definition) is 2. The fourth-order valence-electron chi connectivity index (χ4n) is 2.29. The van der Waals surface area contributed by atoms with Crippen LogP contribution in [0, 0.1) is 0 Å². The highest BCUT2D eigenvalue weighted by atomic mass is 32.2. The topological polar surface area (TPSA) is 66.4 Å². The Morgan fingerprint density at radius 3 is 2.39 bits per heavy atom. The fourth-order valence-corrected chi connectivity index (χ4v) is 3.55. The summed E-state index contributed by atoms with van der Waals surface area (Å²) >= 11 is 1.57. The minimum absolute atomic E-state index is 0.0291. The maximum absolute atomic E-state index is 11.4. The van der Waals surface area contributed by atoms with Crippen molar-refractivity contribution in [3.8, 4) is 0 Å². The summed E-state index contributed by atoms with van der Waals surface area (Å²) in [4.78, 5) is 22.2. The van der Waals surface area contributed by atoms with Crippen LogP contribution in [0.1, 0.15) is 29.7 Å². The van der Waals surface area contributed by atoms with E-state index in [2.05, 4.69) is 5.32 Å². The van der Waals surface area contributed by atoms with Crippen molar-refractivity contribution in [2.45, 2.75) is 18.6 Å². The zero-order chi connectivity index (χ0) is 16.7. The molecular formula is C18H19NO3S. The van der Waals surface area contributed by atoms with Crippen molar-refractivity contribution < 1.29 is 14.7 Å². The molecule has 0 saturated heterocycles. The number of thioether (sulfide) groups is 1. The predicted octanol–water partition coefficient (Wildman–Crippen LogP) is 3.94. The van der Waals surface area contributed by atoms with Gasteiger partial charge < -0.3 is 10.4 Å². The molecule has 0 aliphatic carbocycles. The van der Waals surface area contributed by atoms with Crippen molar-refractivity contribution in [2.75, 3.05) is 11.1 Å². The van der Waals surface area contributed by atoms with Gasteiger partial charge >= 0.3 is 5.97 Å². The molecule has 0 saturated carbocycles. The van der Waals surface area contributed by atoms with Crippen molar-refractivity contribution >= 4 is 29.3 Å². The molecule has 2 N–H and O–H groups in total. The number of aliphatic carboxylic acids is 1. The third kappa shape index (κ3) is 5.14. The van der Waals surface area contributed by atoms with Gasteiger partial charge in [-0.3, -0.25) is 9.59 Å². The second-order valence-corrected chi connectivity index (χ2v) is 6.29. The van der Waals surface area contributed by atoms with Gasteiger partial charge in [-0.2, -0.15) is 0 Å². The number of para-hydroxylation sites is 1. The van der Waals surface area contributed by atoms with Gasteiger partial charge in [-0.25, -0.2) is 0 Å². The Morgan fingerprint density at radius 2 is 1.74 bits per heavy atom. The molecule has 1 unspecified atom stereocenters. The molecule has 23 heavy (non-hydrogen) atoms. The lowest BCUT2D eigenvalue weighted by atomic mass is 10.0. The first kappa shape index (κ1) is 17.1. The molecule has 0 fully saturated rings. The molecule has 0 radical (unpaired) electrons. The summed E-state index contributed by atoms with van der Waals surface area (Å²) in [6.45, 7) is 1.48. The van der Waals surface area contributed by atoms with E-state index < -0.39 is 5.97 Å². The smallest absolute Gasteiger partial charge is 0.304 e. The van der Waals surface area contributed by atoms with Crippen LogP contribution in [-0.4, -0.2) is 22.7 Å². The first-order valence-corrected chi connectivity index (χ1v) is 8.37. The van der Waals surface area contributed by atoms with E-state index in [1.807, 2.05) is 54.6 Å². The van der Waals surface area contributed by atoms with Crippen molar-refractivity contribution in [1.82, 2.24) is 0 Å². The standard InChI is InChI=1S/C18H19NO3S/c1-13(20)19-16-10-6-5-9-15(16)18(23-12-11-17(21)22)14-7-3-2-4-8-14/h2-10,18H,11-12H2,1H3,(H,19,20)(H,21,22). The highest BCUT2D eigenvalue weighted by molar-refractivity contribution is 7.99. The number of carboxylic acids is 1. The lowest BCUT2D eigenvalue weighted by molar-refractivity contribution is -0.136. The van der Waals surface area contributed by atoms with Crippen LogP contribution in [0.2, 0.25) is 0 Å². The molecule has 0 heterocycles. The van der Waals surface area contributed by atoms with E-state index >= 15 is 0 Å². The predicted molar refractivity (Wildman–Crippen MR) is 93.7 cm³/mol. The van der Waals surface area contributed by atoms with Gasteiger partial charge in [-0.05, 0) is 17.2 Å². The summed E-state index contributed by atoms with van der Waals surface area (Å²) in [6, 6.07) is 17.5. The summed E-state index contributed by atoms with van der Waals surface area (Å²) in [5.41, 5.74) is 2.82. The van der Waals surface area contributed by atoms with Crippen molar-refractivity contribution in [3.63, 3.8) is 0 Å². The van der Waals surface area contributed by atoms with Crippen molar-refractivity contribution in [3.05, 3.63) is 65.7 Å². The van der Waals surface area contributed by atoms with Crippen LogP contribution in [0.15, 0.2) is 54.6 Å². The summed E-state index contributed by atoms with van der Waals surface area (Å²) < 4.78 is 0. The van der Waals surface area contributed by atoms with Gasteiger partial charge in [0.2, 0.25) is 5.91 Å². The third-order valence-electron chi connectivity index (χ3n) is 3.26. The van der Waals surface area contributed by atoms with Crippen LogP contribution in [0.5, 0.6) is 0 Å². The van der Waals surface area contributed by atoms with E-state index in [1.165, 1.54) is 6.92 Å². The second-order valence-electron chi connectivity index (χ2n) is 5.07.